The summed E-state index contributed by atoms with van der Waals surface area (Å²) in [5.41, 5.74) is 1.07. The molecule has 0 spiro atoms. The van der Waals surface area contributed by atoms with Crippen molar-refractivity contribution in [3.05, 3.63) is 35.9 Å². The van der Waals surface area contributed by atoms with Crippen molar-refractivity contribution in [3.8, 4) is 0 Å². The maximum atomic E-state index is 11.7. The zero-order valence-corrected chi connectivity index (χ0v) is 11.3. The van der Waals surface area contributed by atoms with Gasteiger partial charge in [0.1, 0.15) is 0 Å². The summed E-state index contributed by atoms with van der Waals surface area (Å²) in [6, 6.07) is 9.56. The van der Waals surface area contributed by atoms with Gasteiger partial charge in [-0.3, -0.25) is 9.69 Å². The molecule has 1 aromatic carbocycles. The highest BCUT2D eigenvalue weighted by Gasteiger charge is 2.15. The summed E-state index contributed by atoms with van der Waals surface area (Å²) >= 11 is 0. The predicted octanol–water partition coefficient (Wildman–Crippen LogP) is 0.656. The number of benzene rings is 1. The van der Waals surface area contributed by atoms with Gasteiger partial charge in [0.2, 0.25) is 5.91 Å². The van der Waals surface area contributed by atoms with Crippen molar-refractivity contribution in [2.75, 3.05) is 20.6 Å². The quantitative estimate of drug-likeness (QED) is 0.779. The van der Waals surface area contributed by atoms with Crippen LogP contribution in [0.2, 0.25) is 0 Å². The molecule has 0 aromatic heterocycles. The molecule has 0 saturated heterocycles. The maximum absolute atomic E-state index is 11.7. The van der Waals surface area contributed by atoms with Gasteiger partial charge in [0.25, 0.3) is 0 Å². The van der Waals surface area contributed by atoms with E-state index in [-0.39, 0.29) is 18.5 Å². The van der Waals surface area contributed by atoms with Crippen molar-refractivity contribution >= 4 is 5.91 Å². The molecule has 0 aliphatic rings. The fourth-order valence-corrected chi connectivity index (χ4v) is 1.56. The molecule has 0 heterocycles. The number of nitrogens with zero attached hydrogens (tertiary/aromatic N) is 1. The Balaban J connectivity index is 2.33. The van der Waals surface area contributed by atoms with Crippen molar-refractivity contribution in [1.29, 1.82) is 0 Å². The minimum Gasteiger partial charge on any atom is -0.391 e. The number of aliphatic hydroxyl groups excluding tert-OH is 1. The molecule has 0 fully saturated rings. The lowest BCUT2D eigenvalue weighted by atomic mass is 10.1. The van der Waals surface area contributed by atoms with Crippen LogP contribution in [0.15, 0.2) is 30.3 Å². The van der Waals surface area contributed by atoms with Gasteiger partial charge in [0.05, 0.1) is 12.1 Å². The van der Waals surface area contributed by atoms with E-state index in [9.17, 15) is 9.90 Å². The van der Waals surface area contributed by atoms with Crippen LogP contribution in [0.4, 0.5) is 0 Å². The second-order valence-corrected chi connectivity index (χ2v) is 4.73. The van der Waals surface area contributed by atoms with Crippen molar-refractivity contribution < 1.29 is 9.90 Å². The molecule has 0 radical (unpaired) electrons. The van der Waals surface area contributed by atoms with Crippen LogP contribution in [0.25, 0.3) is 0 Å². The summed E-state index contributed by atoms with van der Waals surface area (Å²) in [6.07, 6.45) is 0.00277. The lowest BCUT2D eigenvalue weighted by Gasteiger charge is -2.20. The average molecular weight is 250 g/mol. The molecule has 0 bridgehead atoms. The Morgan fingerprint density at radius 2 is 1.94 bits per heavy atom. The number of hydrogen-bond donors (Lipinski definition) is 2. The van der Waals surface area contributed by atoms with Crippen molar-refractivity contribution in [2.24, 2.45) is 0 Å². The van der Waals surface area contributed by atoms with Crippen LogP contribution < -0.4 is 5.32 Å². The molecule has 0 saturated carbocycles. The van der Waals surface area contributed by atoms with Crippen LogP contribution in [0.1, 0.15) is 12.5 Å². The highest BCUT2D eigenvalue weighted by atomic mass is 16.3. The molecule has 18 heavy (non-hydrogen) atoms. The second-order valence-electron chi connectivity index (χ2n) is 4.73. The first kappa shape index (κ1) is 14.7. The van der Waals surface area contributed by atoms with Crippen LogP contribution in [0.5, 0.6) is 0 Å². The fraction of sp³-hybridized carbons (Fsp3) is 0.500. The Morgan fingerprint density at radius 1 is 1.33 bits per heavy atom. The first-order chi connectivity index (χ1) is 8.50. The molecule has 100 valence electrons. The van der Waals surface area contributed by atoms with Crippen LogP contribution in [0, 0.1) is 0 Å². The Hall–Kier alpha value is -1.39. The summed E-state index contributed by atoms with van der Waals surface area (Å²) in [5, 5.41) is 12.6. The van der Waals surface area contributed by atoms with Gasteiger partial charge in [-0.2, -0.15) is 0 Å². The van der Waals surface area contributed by atoms with E-state index in [4.69, 9.17) is 0 Å². The van der Waals surface area contributed by atoms with Crippen molar-refractivity contribution in [1.82, 2.24) is 10.2 Å². The molecule has 1 unspecified atom stereocenters. The topological polar surface area (TPSA) is 52.6 Å². The number of hydrogen-bond acceptors (Lipinski definition) is 3. The minimum atomic E-state index is -0.550. The van der Waals surface area contributed by atoms with Gasteiger partial charge in [0, 0.05) is 13.0 Å². The average Bonchev–Trinajstić information content (AvgIpc) is 2.36. The van der Waals surface area contributed by atoms with E-state index >= 15 is 0 Å². The van der Waals surface area contributed by atoms with Gasteiger partial charge < -0.3 is 10.4 Å². The molecule has 4 nitrogen and oxygen atoms in total. The SMILES string of the molecule is C[C@@H](C(=O)NCC(O)Cc1ccccc1)N(C)C. The van der Waals surface area contributed by atoms with Crippen LogP contribution >= 0.6 is 0 Å². The van der Waals surface area contributed by atoms with Gasteiger partial charge in [-0.15, -0.1) is 0 Å². The number of carbonyl (C=O) groups is 1. The summed E-state index contributed by atoms with van der Waals surface area (Å²) in [5.74, 6) is -0.0629. The molecular formula is C14H22N2O2. The standard InChI is InChI=1S/C14H22N2O2/c1-11(16(2)3)14(18)15-10-13(17)9-12-7-5-4-6-8-12/h4-8,11,13,17H,9-10H2,1-3H3,(H,15,18)/t11-,13?/m0/s1. The van der Waals surface area contributed by atoms with E-state index in [1.54, 1.807) is 0 Å². The molecule has 1 amide bonds. The van der Waals surface area contributed by atoms with Gasteiger partial charge >= 0.3 is 0 Å². The third-order valence-corrected chi connectivity index (χ3v) is 2.98. The molecule has 2 atom stereocenters. The molecule has 4 heteroatoms. The van der Waals surface area contributed by atoms with E-state index < -0.39 is 6.10 Å². The third kappa shape index (κ3) is 4.85. The zero-order chi connectivity index (χ0) is 13.5. The van der Waals surface area contributed by atoms with Gasteiger partial charge in [0.15, 0.2) is 0 Å². The first-order valence-electron chi connectivity index (χ1n) is 6.17. The molecule has 2 N–H and O–H groups in total. The highest BCUT2D eigenvalue weighted by Crippen LogP contribution is 2.02. The largest absolute Gasteiger partial charge is 0.391 e. The highest BCUT2D eigenvalue weighted by molar-refractivity contribution is 5.81. The molecule has 0 aliphatic heterocycles. The molecule has 1 rings (SSSR count). The number of likely N-dealkylation sites (N-methyl/N-ethyl adjacent to an activating group) is 1. The van der Waals surface area contributed by atoms with E-state index in [0.29, 0.717) is 6.42 Å². The van der Waals surface area contributed by atoms with Crippen molar-refractivity contribution in [2.45, 2.75) is 25.5 Å². The van der Waals surface area contributed by atoms with Crippen LogP contribution in [-0.4, -0.2) is 48.7 Å². The lowest BCUT2D eigenvalue weighted by Crippen LogP contribution is -2.44. The summed E-state index contributed by atoms with van der Waals surface area (Å²) in [4.78, 5) is 13.5. The Kier molecular flexibility index (Phi) is 5.82. The Morgan fingerprint density at radius 3 is 2.50 bits per heavy atom. The fourth-order valence-electron chi connectivity index (χ4n) is 1.56. The van der Waals surface area contributed by atoms with Crippen LogP contribution in [0.3, 0.4) is 0 Å². The van der Waals surface area contributed by atoms with E-state index in [0.717, 1.165) is 5.56 Å². The maximum Gasteiger partial charge on any atom is 0.237 e. The third-order valence-electron chi connectivity index (χ3n) is 2.98. The van der Waals surface area contributed by atoms with E-state index in [1.165, 1.54) is 0 Å². The molecular weight excluding hydrogens is 228 g/mol. The number of carbonyl (C=O) groups excluding carboxylic acids is 1. The lowest BCUT2D eigenvalue weighted by molar-refractivity contribution is -0.125. The second kappa shape index (κ2) is 7.13. The van der Waals surface area contributed by atoms with E-state index in [1.807, 2.05) is 56.3 Å². The Bertz CT molecular complexity index is 365. The normalized spacial score (nSPS) is 14.3. The number of nitrogens with one attached hydrogen (secondary N) is 1. The summed E-state index contributed by atoms with van der Waals surface area (Å²) in [7, 11) is 3.70. The number of aliphatic hydroxyl groups is 1. The summed E-state index contributed by atoms with van der Waals surface area (Å²) in [6.45, 7) is 2.12. The molecule has 1 aromatic rings. The van der Waals surface area contributed by atoms with Gasteiger partial charge in [-0.05, 0) is 26.6 Å². The van der Waals surface area contributed by atoms with Crippen LogP contribution in [-0.2, 0) is 11.2 Å². The van der Waals surface area contributed by atoms with Crippen molar-refractivity contribution in [3.63, 3.8) is 0 Å². The summed E-state index contributed by atoms with van der Waals surface area (Å²) < 4.78 is 0. The smallest absolute Gasteiger partial charge is 0.237 e. The Labute approximate surface area is 109 Å². The minimum absolute atomic E-state index is 0.0629. The monoisotopic (exact) mass is 250 g/mol. The van der Waals surface area contributed by atoms with Gasteiger partial charge in [-0.25, -0.2) is 0 Å². The van der Waals surface area contributed by atoms with E-state index in [2.05, 4.69) is 5.32 Å². The predicted molar refractivity (Wildman–Crippen MR) is 72.3 cm³/mol. The number of rotatable bonds is 6. The first-order valence-corrected chi connectivity index (χ1v) is 6.17. The molecule has 0 aliphatic carbocycles. The van der Waals surface area contributed by atoms with Gasteiger partial charge in [-0.1, -0.05) is 30.3 Å². The number of amides is 1. The zero-order valence-electron chi connectivity index (χ0n) is 11.3.